The Balaban J connectivity index is 2.05. The Morgan fingerprint density at radius 2 is 2.00 bits per heavy atom. The summed E-state index contributed by atoms with van der Waals surface area (Å²) in [5.74, 6) is 0. The largest absolute Gasteiger partial charge is 0.367 e. The summed E-state index contributed by atoms with van der Waals surface area (Å²) in [6, 6.07) is 12.2. The predicted molar refractivity (Wildman–Crippen MR) is 79.2 cm³/mol. The zero-order valence-corrected chi connectivity index (χ0v) is 11.7. The van der Waals surface area contributed by atoms with Crippen LogP contribution in [0.25, 0.3) is 0 Å². The van der Waals surface area contributed by atoms with Gasteiger partial charge in [-0.15, -0.1) is 0 Å². The maximum atomic E-state index is 3.62. The summed E-state index contributed by atoms with van der Waals surface area (Å²) in [4.78, 5) is 2.60. The monoisotopic (exact) mass is 246 g/mol. The fraction of sp³-hybridized carbons (Fsp3) is 0.625. The molecule has 0 bridgehead atoms. The summed E-state index contributed by atoms with van der Waals surface area (Å²) in [5.41, 5.74) is 1.38. The van der Waals surface area contributed by atoms with Crippen molar-refractivity contribution in [3.8, 4) is 0 Å². The van der Waals surface area contributed by atoms with E-state index in [2.05, 4.69) is 54.4 Å². The van der Waals surface area contributed by atoms with Gasteiger partial charge in [0.25, 0.3) is 0 Å². The van der Waals surface area contributed by atoms with E-state index in [4.69, 9.17) is 0 Å². The van der Waals surface area contributed by atoms with Gasteiger partial charge in [-0.05, 0) is 38.3 Å². The van der Waals surface area contributed by atoms with Crippen molar-refractivity contribution in [2.45, 2.75) is 51.6 Å². The molecule has 2 nitrogen and oxygen atoms in total. The van der Waals surface area contributed by atoms with E-state index in [0.717, 1.165) is 6.54 Å². The van der Waals surface area contributed by atoms with Gasteiger partial charge in [0.2, 0.25) is 0 Å². The first-order valence-corrected chi connectivity index (χ1v) is 7.36. The van der Waals surface area contributed by atoms with Gasteiger partial charge in [-0.25, -0.2) is 0 Å². The van der Waals surface area contributed by atoms with E-state index >= 15 is 0 Å². The Morgan fingerprint density at radius 1 is 1.22 bits per heavy atom. The summed E-state index contributed by atoms with van der Waals surface area (Å²) in [7, 11) is 0. The van der Waals surface area contributed by atoms with Crippen molar-refractivity contribution in [2.75, 3.05) is 18.0 Å². The zero-order chi connectivity index (χ0) is 12.8. The van der Waals surface area contributed by atoms with Crippen molar-refractivity contribution < 1.29 is 0 Å². The molecule has 1 aliphatic rings. The molecule has 0 spiro atoms. The molecule has 2 heteroatoms. The molecule has 18 heavy (non-hydrogen) atoms. The minimum Gasteiger partial charge on any atom is -0.367 e. The lowest BCUT2D eigenvalue weighted by Crippen LogP contribution is -2.49. The molecular weight excluding hydrogens is 220 g/mol. The van der Waals surface area contributed by atoms with E-state index in [1.165, 1.54) is 37.9 Å². The van der Waals surface area contributed by atoms with Crippen LogP contribution in [-0.4, -0.2) is 25.2 Å². The van der Waals surface area contributed by atoms with E-state index in [1.54, 1.807) is 0 Å². The molecule has 2 atom stereocenters. The minimum absolute atomic E-state index is 0.662. The van der Waals surface area contributed by atoms with Gasteiger partial charge < -0.3 is 10.2 Å². The highest BCUT2D eigenvalue weighted by Gasteiger charge is 2.23. The summed E-state index contributed by atoms with van der Waals surface area (Å²) in [6.07, 6.45) is 5.15. The summed E-state index contributed by atoms with van der Waals surface area (Å²) in [5, 5.41) is 3.62. The number of piperidine rings is 1. The number of nitrogens with one attached hydrogen (secondary N) is 1. The molecule has 1 aromatic rings. The highest BCUT2D eigenvalue weighted by Crippen LogP contribution is 2.22. The molecule has 1 N–H and O–H groups in total. The molecule has 1 aliphatic heterocycles. The van der Waals surface area contributed by atoms with Crippen LogP contribution in [0.5, 0.6) is 0 Å². The molecule has 0 aromatic heterocycles. The van der Waals surface area contributed by atoms with Crippen molar-refractivity contribution in [1.29, 1.82) is 0 Å². The SMILES string of the molecule is CCCCN(c1ccccc1)C1CCC(C)NC1. The Labute approximate surface area is 111 Å². The van der Waals surface area contributed by atoms with Gasteiger partial charge in [0.1, 0.15) is 0 Å². The first-order chi connectivity index (χ1) is 8.81. The van der Waals surface area contributed by atoms with Crippen LogP contribution < -0.4 is 10.2 Å². The van der Waals surface area contributed by atoms with Gasteiger partial charge in [-0.3, -0.25) is 0 Å². The Morgan fingerprint density at radius 3 is 2.61 bits per heavy atom. The number of benzene rings is 1. The van der Waals surface area contributed by atoms with E-state index in [-0.39, 0.29) is 0 Å². The molecule has 100 valence electrons. The molecule has 0 saturated carbocycles. The van der Waals surface area contributed by atoms with Gasteiger partial charge in [-0.1, -0.05) is 31.5 Å². The lowest BCUT2D eigenvalue weighted by Gasteiger charge is -2.38. The molecule has 0 aliphatic carbocycles. The van der Waals surface area contributed by atoms with Crippen molar-refractivity contribution in [3.05, 3.63) is 30.3 Å². The topological polar surface area (TPSA) is 15.3 Å². The third-order valence-corrected chi connectivity index (χ3v) is 3.92. The van der Waals surface area contributed by atoms with Crippen LogP contribution in [0, 0.1) is 0 Å². The third kappa shape index (κ3) is 3.49. The van der Waals surface area contributed by atoms with Gasteiger partial charge in [-0.2, -0.15) is 0 Å². The first kappa shape index (κ1) is 13.4. The lowest BCUT2D eigenvalue weighted by atomic mass is 9.99. The van der Waals surface area contributed by atoms with Crippen LogP contribution in [0.2, 0.25) is 0 Å². The van der Waals surface area contributed by atoms with Gasteiger partial charge in [0.15, 0.2) is 0 Å². The van der Waals surface area contributed by atoms with Crippen molar-refractivity contribution in [3.63, 3.8) is 0 Å². The number of para-hydroxylation sites is 1. The molecule has 1 saturated heterocycles. The molecule has 1 heterocycles. The van der Waals surface area contributed by atoms with Gasteiger partial charge >= 0.3 is 0 Å². The van der Waals surface area contributed by atoms with Crippen molar-refractivity contribution in [1.82, 2.24) is 5.32 Å². The number of unbranched alkanes of at least 4 members (excludes halogenated alkanes) is 1. The number of nitrogens with zero attached hydrogens (tertiary/aromatic N) is 1. The van der Waals surface area contributed by atoms with Crippen molar-refractivity contribution >= 4 is 5.69 Å². The summed E-state index contributed by atoms with van der Waals surface area (Å²) in [6.45, 7) is 6.86. The van der Waals surface area contributed by atoms with E-state index < -0.39 is 0 Å². The van der Waals surface area contributed by atoms with E-state index in [0.29, 0.717) is 12.1 Å². The van der Waals surface area contributed by atoms with Crippen LogP contribution in [-0.2, 0) is 0 Å². The van der Waals surface area contributed by atoms with Crippen molar-refractivity contribution in [2.24, 2.45) is 0 Å². The van der Waals surface area contributed by atoms with Gasteiger partial charge in [0, 0.05) is 30.9 Å². The molecule has 0 radical (unpaired) electrons. The standard InChI is InChI=1S/C16H26N2/c1-3-4-12-18(15-8-6-5-7-9-15)16-11-10-14(2)17-13-16/h5-9,14,16-17H,3-4,10-13H2,1-2H3. The highest BCUT2D eigenvalue weighted by molar-refractivity contribution is 5.47. The fourth-order valence-corrected chi connectivity index (χ4v) is 2.72. The van der Waals surface area contributed by atoms with Crippen LogP contribution >= 0.6 is 0 Å². The molecule has 1 fully saturated rings. The fourth-order valence-electron chi connectivity index (χ4n) is 2.72. The number of anilines is 1. The first-order valence-electron chi connectivity index (χ1n) is 7.36. The Hall–Kier alpha value is -1.02. The Bertz CT molecular complexity index is 328. The zero-order valence-electron chi connectivity index (χ0n) is 11.7. The average Bonchev–Trinajstić information content (AvgIpc) is 2.42. The van der Waals surface area contributed by atoms with Crippen LogP contribution in [0.15, 0.2) is 30.3 Å². The smallest absolute Gasteiger partial charge is 0.0415 e. The Kier molecular flexibility index (Phi) is 5.06. The van der Waals surface area contributed by atoms with E-state index in [1.807, 2.05) is 0 Å². The normalized spacial score (nSPS) is 23.9. The molecule has 0 amide bonds. The average molecular weight is 246 g/mol. The molecule has 2 rings (SSSR count). The maximum Gasteiger partial charge on any atom is 0.0415 e. The van der Waals surface area contributed by atoms with Gasteiger partial charge in [0.05, 0.1) is 0 Å². The predicted octanol–water partition coefficient (Wildman–Crippen LogP) is 3.43. The number of hydrogen-bond acceptors (Lipinski definition) is 2. The quantitative estimate of drug-likeness (QED) is 0.856. The minimum atomic E-state index is 0.662. The second kappa shape index (κ2) is 6.79. The maximum absolute atomic E-state index is 3.62. The summed E-state index contributed by atoms with van der Waals surface area (Å²) < 4.78 is 0. The van der Waals surface area contributed by atoms with Crippen LogP contribution in [0.4, 0.5) is 5.69 Å². The number of rotatable bonds is 5. The lowest BCUT2D eigenvalue weighted by molar-refractivity contribution is 0.366. The molecular formula is C16H26N2. The summed E-state index contributed by atoms with van der Waals surface area (Å²) >= 11 is 0. The molecule has 1 aromatic carbocycles. The molecule has 2 unspecified atom stereocenters. The highest BCUT2D eigenvalue weighted by atomic mass is 15.2. The second-order valence-corrected chi connectivity index (χ2v) is 5.42. The number of hydrogen-bond donors (Lipinski definition) is 1. The van der Waals surface area contributed by atoms with Crippen LogP contribution in [0.3, 0.4) is 0 Å². The van der Waals surface area contributed by atoms with Crippen LogP contribution in [0.1, 0.15) is 39.5 Å². The van der Waals surface area contributed by atoms with E-state index in [9.17, 15) is 0 Å². The third-order valence-electron chi connectivity index (χ3n) is 3.92. The second-order valence-electron chi connectivity index (χ2n) is 5.42.